The van der Waals surface area contributed by atoms with Crippen molar-refractivity contribution in [3.63, 3.8) is 0 Å². The topological polar surface area (TPSA) is 93.4 Å². The molecule has 4 aromatic rings. The number of pyridine rings is 1. The Balaban J connectivity index is 1.53. The summed E-state index contributed by atoms with van der Waals surface area (Å²) >= 11 is 0. The molecule has 0 spiro atoms. The van der Waals surface area contributed by atoms with Crippen molar-refractivity contribution in [2.75, 3.05) is 11.9 Å². The highest BCUT2D eigenvalue weighted by Crippen LogP contribution is 2.26. The van der Waals surface area contributed by atoms with Crippen LogP contribution in [0.25, 0.3) is 11.5 Å². The van der Waals surface area contributed by atoms with E-state index in [0.717, 1.165) is 5.56 Å². The predicted molar refractivity (Wildman–Crippen MR) is 126 cm³/mol. The summed E-state index contributed by atoms with van der Waals surface area (Å²) in [6.07, 6.45) is 3.27. The number of carbonyl (C=O) groups is 1. The molecular weight excluding hydrogens is 438 g/mol. The molecule has 0 fully saturated rings. The summed E-state index contributed by atoms with van der Waals surface area (Å²) in [4.78, 5) is 23.0. The Hall–Kier alpha value is -3.78. The molecule has 2 aromatic heterocycles. The SMILES string of the molecule is Cc1ccc(S(=O)(=O)Cc2nc(-c3ccc(C(=O)N(C)c4cccnc4)cc3)oc2C)cc1. The number of nitrogens with zero attached hydrogens (tertiary/aromatic N) is 3. The minimum Gasteiger partial charge on any atom is -0.441 e. The third kappa shape index (κ3) is 4.85. The zero-order valence-electron chi connectivity index (χ0n) is 18.5. The van der Waals surface area contributed by atoms with Crippen molar-refractivity contribution in [3.8, 4) is 11.5 Å². The molecule has 0 aliphatic carbocycles. The number of hydrogen-bond donors (Lipinski definition) is 0. The highest BCUT2D eigenvalue weighted by molar-refractivity contribution is 7.90. The number of amides is 1. The molecule has 2 heterocycles. The lowest BCUT2D eigenvalue weighted by Crippen LogP contribution is -2.26. The number of benzene rings is 2. The number of carbonyl (C=O) groups excluding carboxylic acids is 1. The third-order valence-corrected chi connectivity index (χ3v) is 6.96. The molecule has 0 unspecified atom stereocenters. The zero-order valence-corrected chi connectivity index (χ0v) is 19.3. The Morgan fingerprint density at radius 1 is 1.00 bits per heavy atom. The first kappa shape index (κ1) is 22.4. The zero-order chi connectivity index (χ0) is 23.6. The number of aromatic nitrogens is 2. The Bertz CT molecular complexity index is 1380. The molecule has 0 radical (unpaired) electrons. The lowest BCUT2D eigenvalue weighted by molar-refractivity contribution is 0.0993. The Labute approximate surface area is 192 Å². The molecule has 8 heteroatoms. The molecule has 168 valence electrons. The molecule has 2 aromatic carbocycles. The van der Waals surface area contributed by atoms with Crippen molar-refractivity contribution in [3.05, 3.63) is 95.6 Å². The maximum atomic E-state index is 12.8. The van der Waals surface area contributed by atoms with E-state index in [-0.39, 0.29) is 16.6 Å². The van der Waals surface area contributed by atoms with Crippen LogP contribution >= 0.6 is 0 Å². The second kappa shape index (κ2) is 8.99. The fourth-order valence-electron chi connectivity index (χ4n) is 3.31. The third-order valence-electron chi connectivity index (χ3n) is 5.32. The van der Waals surface area contributed by atoms with Crippen molar-refractivity contribution in [1.82, 2.24) is 9.97 Å². The van der Waals surface area contributed by atoms with Crippen LogP contribution in [0, 0.1) is 13.8 Å². The Morgan fingerprint density at radius 3 is 2.33 bits per heavy atom. The van der Waals surface area contributed by atoms with Crippen LogP contribution in [0.2, 0.25) is 0 Å². The smallest absolute Gasteiger partial charge is 0.258 e. The molecule has 33 heavy (non-hydrogen) atoms. The summed E-state index contributed by atoms with van der Waals surface area (Å²) < 4.78 is 31.3. The highest BCUT2D eigenvalue weighted by atomic mass is 32.2. The normalized spacial score (nSPS) is 11.4. The highest BCUT2D eigenvalue weighted by Gasteiger charge is 2.21. The van der Waals surface area contributed by atoms with Crippen LogP contribution in [0.1, 0.15) is 27.4 Å². The molecule has 7 nitrogen and oxygen atoms in total. The number of rotatable bonds is 6. The molecule has 0 aliphatic heterocycles. The summed E-state index contributed by atoms with van der Waals surface area (Å²) in [5.74, 6) is 0.319. The van der Waals surface area contributed by atoms with E-state index in [1.54, 1.807) is 87.0 Å². The number of aryl methyl sites for hydroxylation is 2. The fourth-order valence-corrected chi connectivity index (χ4v) is 4.66. The maximum Gasteiger partial charge on any atom is 0.258 e. The summed E-state index contributed by atoms with van der Waals surface area (Å²) in [6.45, 7) is 3.59. The van der Waals surface area contributed by atoms with Gasteiger partial charge in [0.25, 0.3) is 5.91 Å². The molecule has 0 saturated heterocycles. The molecule has 0 bridgehead atoms. The monoisotopic (exact) mass is 461 g/mol. The van der Waals surface area contributed by atoms with Gasteiger partial charge in [0.05, 0.1) is 22.5 Å². The van der Waals surface area contributed by atoms with Gasteiger partial charge in [-0.05, 0) is 62.4 Å². The van der Waals surface area contributed by atoms with Crippen molar-refractivity contribution in [1.29, 1.82) is 0 Å². The molecule has 0 N–H and O–H groups in total. The lowest BCUT2D eigenvalue weighted by Gasteiger charge is -2.16. The van der Waals surface area contributed by atoms with Gasteiger partial charge < -0.3 is 9.32 Å². The van der Waals surface area contributed by atoms with Gasteiger partial charge in [-0.25, -0.2) is 13.4 Å². The van der Waals surface area contributed by atoms with Gasteiger partial charge in [-0.15, -0.1) is 0 Å². The number of sulfone groups is 1. The van der Waals surface area contributed by atoms with Crippen LogP contribution < -0.4 is 4.90 Å². The molecule has 0 atom stereocenters. The van der Waals surface area contributed by atoms with Crippen LogP contribution in [0.5, 0.6) is 0 Å². The summed E-state index contributed by atoms with van der Waals surface area (Å²) in [7, 11) is -1.87. The lowest BCUT2D eigenvalue weighted by atomic mass is 10.1. The van der Waals surface area contributed by atoms with Gasteiger partial charge in [0.2, 0.25) is 5.89 Å². The summed E-state index contributed by atoms with van der Waals surface area (Å²) in [5, 5.41) is 0. The first-order valence-corrected chi connectivity index (χ1v) is 11.9. The van der Waals surface area contributed by atoms with Crippen molar-refractivity contribution >= 4 is 21.4 Å². The van der Waals surface area contributed by atoms with E-state index < -0.39 is 9.84 Å². The second-order valence-corrected chi connectivity index (χ2v) is 9.74. The van der Waals surface area contributed by atoms with Crippen LogP contribution in [0.4, 0.5) is 5.69 Å². The maximum absolute atomic E-state index is 12.8. The van der Waals surface area contributed by atoms with Gasteiger partial charge in [0.1, 0.15) is 11.5 Å². The van der Waals surface area contributed by atoms with E-state index >= 15 is 0 Å². The largest absolute Gasteiger partial charge is 0.441 e. The molecular formula is C25H23N3O4S. The van der Waals surface area contributed by atoms with E-state index in [9.17, 15) is 13.2 Å². The predicted octanol–water partition coefficient (Wildman–Crippen LogP) is 4.60. The second-order valence-electron chi connectivity index (χ2n) is 7.75. The van der Waals surface area contributed by atoms with Crippen molar-refractivity contribution in [2.24, 2.45) is 0 Å². The molecule has 0 aliphatic rings. The van der Waals surface area contributed by atoms with Crippen molar-refractivity contribution < 1.29 is 17.6 Å². The Kier molecular flexibility index (Phi) is 6.11. The van der Waals surface area contributed by atoms with Crippen molar-refractivity contribution in [2.45, 2.75) is 24.5 Å². The minimum absolute atomic E-state index is 0.178. The standard InChI is InChI=1S/C25H23N3O4S/c1-17-6-12-22(13-7-17)33(30,31)16-23-18(2)32-24(27-23)19-8-10-20(11-9-19)25(29)28(3)21-5-4-14-26-15-21/h4-15H,16H2,1-3H3. The average molecular weight is 462 g/mol. The molecule has 1 amide bonds. The van der Waals surface area contributed by atoms with Gasteiger partial charge in [0.15, 0.2) is 9.84 Å². The first-order valence-electron chi connectivity index (χ1n) is 10.3. The number of oxazole rings is 1. The first-order chi connectivity index (χ1) is 15.7. The van der Waals surface area contributed by atoms with Gasteiger partial charge in [-0.3, -0.25) is 9.78 Å². The van der Waals surface area contributed by atoms with Crippen LogP contribution in [-0.2, 0) is 15.6 Å². The summed E-state index contributed by atoms with van der Waals surface area (Å²) in [5.41, 5.74) is 3.19. The van der Waals surface area contributed by atoms with E-state index in [4.69, 9.17) is 4.42 Å². The Morgan fingerprint density at radius 2 is 1.70 bits per heavy atom. The number of anilines is 1. The average Bonchev–Trinajstić information content (AvgIpc) is 3.18. The van der Waals surface area contributed by atoms with E-state index in [1.165, 1.54) is 4.90 Å². The molecule has 4 rings (SSSR count). The van der Waals surface area contributed by atoms with Gasteiger partial charge in [-0.2, -0.15) is 0 Å². The summed E-state index contributed by atoms with van der Waals surface area (Å²) in [6, 6.07) is 17.1. The van der Waals surface area contributed by atoms with Crippen LogP contribution in [0.15, 0.2) is 82.4 Å². The van der Waals surface area contributed by atoms with Crippen LogP contribution in [-0.4, -0.2) is 31.3 Å². The van der Waals surface area contributed by atoms with Gasteiger partial charge in [-0.1, -0.05) is 17.7 Å². The van der Waals surface area contributed by atoms with E-state index in [0.29, 0.717) is 34.2 Å². The van der Waals surface area contributed by atoms with Gasteiger partial charge in [0, 0.05) is 24.4 Å². The quantitative estimate of drug-likeness (QED) is 0.416. The van der Waals surface area contributed by atoms with Crippen LogP contribution in [0.3, 0.4) is 0 Å². The fraction of sp³-hybridized carbons (Fsp3) is 0.160. The van der Waals surface area contributed by atoms with E-state index in [1.807, 2.05) is 6.92 Å². The molecule has 0 saturated carbocycles. The van der Waals surface area contributed by atoms with E-state index in [2.05, 4.69) is 9.97 Å². The number of hydrogen-bond acceptors (Lipinski definition) is 6. The minimum atomic E-state index is -3.55. The van der Waals surface area contributed by atoms with Gasteiger partial charge >= 0.3 is 0 Å².